The van der Waals surface area contributed by atoms with Crippen LogP contribution in [-0.2, 0) is 4.79 Å². The lowest BCUT2D eigenvalue weighted by Crippen LogP contribution is -2.46. The van der Waals surface area contributed by atoms with Crippen LogP contribution in [0, 0.1) is 6.92 Å². The average Bonchev–Trinajstić information content (AvgIpc) is 2.63. The smallest absolute Gasteiger partial charge is 0.230 e. The summed E-state index contributed by atoms with van der Waals surface area (Å²) in [6, 6.07) is 11.8. The zero-order chi connectivity index (χ0) is 17.6. The van der Waals surface area contributed by atoms with Gasteiger partial charge < -0.3 is 9.64 Å². The minimum atomic E-state index is -0.0822. The summed E-state index contributed by atoms with van der Waals surface area (Å²) >= 11 is 0. The number of aromatic nitrogens is 2. The summed E-state index contributed by atoms with van der Waals surface area (Å²) in [5.41, 5.74) is 1.09. The van der Waals surface area contributed by atoms with Crippen LogP contribution in [0.1, 0.15) is 43.5 Å². The van der Waals surface area contributed by atoms with Crippen LogP contribution >= 0.6 is 0 Å². The quantitative estimate of drug-likeness (QED) is 0.838. The van der Waals surface area contributed by atoms with Crippen LogP contribution in [0.5, 0.6) is 5.88 Å². The standard InChI is InChI=1S/C20H25N3O2/c1-3-18(16-8-5-4-6-9-16)20(24)23-13-7-10-17(14-23)25-19-11-12-21-15(2)22-19/h4-6,8-9,11-12,17-18H,3,7,10,13-14H2,1-2H3. The second-order valence-corrected chi connectivity index (χ2v) is 6.48. The second-order valence-electron chi connectivity index (χ2n) is 6.48. The number of carbonyl (C=O) groups excluding carboxylic acids is 1. The minimum absolute atomic E-state index is 0.0136. The lowest BCUT2D eigenvalue weighted by Gasteiger charge is -2.34. The molecule has 2 aromatic rings. The third-order valence-electron chi connectivity index (χ3n) is 4.64. The number of ether oxygens (including phenoxy) is 1. The average molecular weight is 339 g/mol. The Labute approximate surface area is 149 Å². The third kappa shape index (κ3) is 4.35. The number of amides is 1. The Bertz CT molecular complexity index is 705. The van der Waals surface area contributed by atoms with Gasteiger partial charge in [-0.15, -0.1) is 0 Å². The first kappa shape index (κ1) is 17.4. The highest BCUT2D eigenvalue weighted by Crippen LogP contribution is 2.25. The van der Waals surface area contributed by atoms with E-state index in [-0.39, 0.29) is 17.9 Å². The number of likely N-dealkylation sites (tertiary alicyclic amines) is 1. The van der Waals surface area contributed by atoms with Crippen LogP contribution in [-0.4, -0.2) is 40.0 Å². The summed E-state index contributed by atoms with van der Waals surface area (Å²) in [6.07, 6.45) is 4.38. The van der Waals surface area contributed by atoms with E-state index >= 15 is 0 Å². The van der Waals surface area contributed by atoms with Crippen molar-refractivity contribution >= 4 is 5.91 Å². The van der Waals surface area contributed by atoms with Gasteiger partial charge in [0, 0.05) is 18.8 Å². The van der Waals surface area contributed by atoms with Crippen molar-refractivity contribution in [2.75, 3.05) is 13.1 Å². The van der Waals surface area contributed by atoms with Gasteiger partial charge in [0.05, 0.1) is 12.5 Å². The van der Waals surface area contributed by atoms with Crippen LogP contribution in [0.4, 0.5) is 0 Å². The van der Waals surface area contributed by atoms with Gasteiger partial charge in [0.25, 0.3) is 0 Å². The first-order valence-electron chi connectivity index (χ1n) is 8.97. The van der Waals surface area contributed by atoms with E-state index in [1.807, 2.05) is 42.2 Å². The molecule has 0 aliphatic carbocycles. The topological polar surface area (TPSA) is 55.3 Å². The molecule has 1 aromatic carbocycles. The fourth-order valence-corrected chi connectivity index (χ4v) is 3.36. The molecule has 1 aromatic heterocycles. The highest BCUT2D eigenvalue weighted by atomic mass is 16.5. The molecule has 2 atom stereocenters. The maximum absolute atomic E-state index is 13.0. The molecular formula is C20H25N3O2. The number of nitrogens with zero attached hydrogens (tertiary/aromatic N) is 3. The van der Waals surface area contributed by atoms with Crippen LogP contribution in [0.25, 0.3) is 0 Å². The van der Waals surface area contributed by atoms with E-state index in [1.165, 1.54) is 0 Å². The Morgan fingerprint density at radius 1 is 1.32 bits per heavy atom. The molecule has 2 heterocycles. The van der Waals surface area contributed by atoms with E-state index in [4.69, 9.17) is 4.74 Å². The first-order valence-corrected chi connectivity index (χ1v) is 8.97. The number of aryl methyl sites for hydroxylation is 1. The Kier molecular flexibility index (Phi) is 5.64. The fraction of sp³-hybridized carbons (Fsp3) is 0.450. The Balaban J connectivity index is 1.66. The largest absolute Gasteiger partial charge is 0.472 e. The van der Waals surface area contributed by atoms with Crippen molar-refractivity contribution in [2.24, 2.45) is 0 Å². The summed E-state index contributed by atoms with van der Waals surface area (Å²) in [5.74, 6) is 1.39. The molecule has 5 nitrogen and oxygen atoms in total. The van der Waals surface area contributed by atoms with E-state index in [1.54, 1.807) is 12.3 Å². The molecule has 1 saturated heterocycles. The summed E-state index contributed by atoms with van der Waals surface area (Å²) < 4.78 is 5.99. The van der Waals surface area contributed by atoms with Crippen molar-refractivity contribution in [2.45, 2.75) is 45.1 Å². The molecule has 1 aliphatic rings. The molecule has 0 spiro atoms. The predicted octanol–water partition coefficient (Wildman–Crippen LogP) is 3.35. The molecule has 2 unspecified atom stereocenters. The summed E-state index contributed by atoms with van der Waals surface area (Å²) in [6.45, 7) is 5.32. The molecule has 1 aliphatic heterocycles. The van der Waals surface area contributed by atoms with Gasteiger partial charge in [0.2, 0.25) is 11.8 Å². The van der Waals surface area contributed by atoms with E-state index in [0.29, 0.717) is 18.2 Å². The van der Waals surface area contributed by atoms with Gasteiger partial charge in [-0.2, -0.15) is 4.98 Å². The Morgan fingerprint density at radius 2 is 2.12 bits per heavy atom. The predicted molar refractivity (Wildman–Crippen MR) is 96.5 cm³/mol. The molecule has 1 fully saturated rings. The van der Waals surface area contributed by atoms with Crippen molar-refractivity contribution in [3.05, 3.63) is 54.0 Å². The number of hydrogen-bond donors (Lipinski definition) is 0. The van der Waals surface area contributed by atoms with Crippen molar-refractivity contribution in [3.63, 3.8) is 0 Å². The molecule has 25 heavy (non-hydrogen) atoms. The van der Waals surface area contributed by atoms with Crippen molar-refractivity contribution in [1.29, 1.82) is 0 Å². The monoisotopic (exact) mass is 339 g/mol. The van der Waals surface area contributed by atoms with Gasteiger partial charge in [-0.05, 0) is 31.7 Å². The van der Waals surface area contributed by atoms with Gasteiger partial charge in [0.1, 0.15) is 11.9 Å². The van der Waals surface area contributed by atoms with E-state index in [0.717, 1.165) is 31.4 Å². The lowest BCUT2D eigenvalue weighted by atomic mass is 9.94. The fourth-order valence-electron chi connectivity index (χ4n) is 3.36. The van der Waals surface area contributed by atoms with Crippen molar-refractivity contribution < 1.29 is 9.53 Å². The van der Waals surface area contributed by atoms with Gasteiger partial charge in [-0.3, -0.25) is 4.79 Å². The molecule has 132 valence electrons. The van der Waals surface area contributed by atoms with Gasteiger partial charge >= 0.3 is 0 Å². The molecule has 0 N–H and O–H groups in total. The number of piperidine rings is 1. The molecule has 1 amide bonds. The zero-order valence-electron chi connectivity index (χ0n) is 14.9. The molecular weight excluding hydrogens is 314 g/mol. The summed E-state index contributed by atoms with van der Waals surface area (Å²) in [7, 11) is 0. The molecule has 5 heteroatoms. The van der Waals surface area contributed by atoms with Crippen molar-refractivity contribution in [1.82, 2.24) is 14.9 Å². The highest BCUT2D eigenvalue weighted by Gasteiger charge is 2.29. The number of rotatable bonds is 5. The molecule has 0 bridgehead atoms. The number of carbonyl (C=O) groups is 1. The second kappa shape index (κ2) is 8.10. The van der Waals surface area contributed by atoms with E-state index in [9.17, 15) is 4.79 Å². The third-order valence-corrected chi connectivity index (χ3v) is 4.64. The Morgan fingerprint density at radius 3 is 2.84 bits per heavy atom. The van der Waals surface area contributed by atoms with Gasteiger partial charge in [-0.25, -0.2) is 4.98 Å². The lowest BCUT2D eigenvalue weighted by molar-refractivity contribution is -0.135. The van der Waals surface area contributed by atoms with E-state index < -0.39 is 0 Å². The molecule has 0 radical (unpaired) electrons. The normalized spacial score (nSPS) is 18.6. The summed E-state index contributed by atoms with van der Waals surface area (Å²) in [4.78, 5) is 23.4. The van der Waals surface area contributed by atoms with Crippen LogP contribution in [0.15, 0.2) is 42.6 Å². The summed E-state index contributed by atoms with van der Waals surface area (Å²) in [5, 5.41) is 0. The maximum atomic E-state index is 13.0. The number of benzene rings is 1. The molecule has 3 rings (SSSR count). The maximum Gasteiger partial charge on any atom is 0.230 e. The van der Waals surface area contributed by atoms with Gasteiger partial charge in [-0.1, -0.05) is 37.3 Å². The SMILES string of the molecule is CCC(C(=O)N1CCCC(Oc2ccnc(C)n2)C1)c1ccccc1. The van der Waals surface area contributed by atoms with Crippen LogP contribution in [0.2, 0.25) is 0 Å². The Hall–Kier alpha value is -2.43. The zero-order valence-corrected chi connectivity index (χ0v) is 14.9. The molecule has 0 saturated carbocycles. The first-order chi connectivity index (χ1) is 12.2. The van der Waals surface area contributed by atoms with Gasteiger partial charge in [0.15, 0.2) is 0 Å². The minimum Gasteiger partial charge on any atom is -0.472 e. The van der Waals surface area contributed by atoms with Crippen LogP contribution < -0.4 is 4.74 Å². The van der Waals surface area contributed by atoms with E-state index in [2.05, 4.69) is 16.9 Å². The van der Waals surface area contributed by atoms with Crippen LogP contribution in [0.3, 0.4) is 0 Å². The number of hydrogen-bond acceptors (Lipinski definition) is 4. The highest BCUT2D eigenvalue weighted by molar-refractivity contribution is 5.83. The van der Waals surface area contributed by atoms with Crippen molar-refractivity contribution in [3.8, 4) is 5.88 Å².